The number of ether oxygens (including phenoxy) is 2. The molecule has 0 saturated carbocycles. The number of carbonyl (C=O) groups excluding carboxylic acids is 3. The number of benzene rings is 1. The van der Waals surface area contributed by atoms with Gasteiger partial charge < -0.3 is 20.1 Å². The topological polar surface area (TPSA) is 93.7 Å². The maximum absolute atomic E-state index is 11.7. The Balaban J connectivity index is 1.61. The van der Waals surface area contributed by atoms with Crippen LogP contribution in [-0.2, 0) is 24.5 Å². The Labute approximate surface area is 153 Å². The van der Waals surface area contributed by atoms with Crippen LogP contribution < -0.4 is 15.4 Å². The first-order chi connectivity index (χ1) is 12.3. The van der Waals surface area contributed by atoms with Crippen LogP contribution >= 0.6 is 0 Å². The van der Waals surface area contributed by atoms with E-state index in [2.05, 4.69) is 31.4 Å². The number of hydrogen-bond acceptors (Lipinski definition) is 5. The van der Waals surface area contributed by atoms with Gasteiger partial charge in [-0.1, -0.05) is 32.9 Å². The summed E-state index contributed by atoms with van der Waals surface area (Å²) in [6.07, 6.45) is 0.709. The Morgan fingerprint density at radius 2 is 1.92 bits per heavy atom. The molecule has 1 aliphatic rings. The molecule has 1 aliphatic heterocycles. The van der Waals surface area contributed by atoms with E-state index < -0.39 is 17.9 Å². The fraction of sp³-hybridized carbons (Fsp3) is 0.526. The summed E-state index contributed by atoms with van der Waals surface area (Å²) in [7, 11) is 0. The first-order valence-electron chi connectivity index (χ1n) is 8.72. The van der Waals surface area contributed by atoms with E-state index in [0.717, 1.165) is 5.75 Å². The molecule has 1 aromatic carbocycles. The predicted octanol–water partition coefficient (Wildman–Crippen LogP) is 1.30. The lowest BCUT2D eigenvalue weighted by Crippen LogP contribution is -2.37. The average molecular weight is 362 g/mol. The Morgan fingerprint density at radius 3 is 2.50 bits per heavy atom. The number of rotatable bonds is 7. The van der Waals surface area contributed by atoms with E-state index in [4.69, 9.17) is 9.47 Å². The number of esters is 1. The van der Waals surface area contributed by atoms with Crippen LogP contribution in [0.3, 0.4) is 0 Å². The van der Waals surface area contributed by atoms with Crippen LogP contribution in [0.25, 0.3) is 0 Å². The third-order valence-electron chi connectivity index (χ3n) is 4.04. The van der Waals surface area contributed by atoms with Gasteiger partial charge in [0, 0.05) is 6.42 Å². The van der Waals surface area contributed by atoms with Gasteiger partial charge in [0.15, 0.2) is 6.61 Å². The maximum Gasteiger partial charge on any atom is 0.329 e. The molecule has 1 heterocycles. The number of amides is 2. The molecule has 0 unspecified atom stereocenters. The molecule has 0 aromatic heterocycles. The molecule has 7 heteroatoms. The molecule has 1 fully saturated rings. The van der Waals surface area contributed by atoms with E-state index in [-0.39, 0.29) is 17.9 Å². The Hall–Kier alpha value is -2.57. The van der Waals surface area contributed by atoms with Crippen molar-refractivity contribution in [2.24, 2.45) is 0 Å². The lowest BCUT2D eigenvalue weighted by molar-refractivity contribution is -0.150. The largest absolute Gasteiger partial charge is 0.492 e. The van der Waals surface area contributed by atoms with Gasteiger partial charge >= 0.3 is 5.97 Å². The molecular formula is C19H26N2O5. The summed E-state index contributed by atoms with van der Waals surface area (Å²) >= 11 is 0. The minimum Gasteiger partial charge on any atom is -0.492 e. The molecule has 142 valence electrons. The van der Waals surface area contributed by atoms with Gasteiger partial charge in [0.1, 0.15) is 18.4 Å². The SMILES string of the molecule is CC(C)(C)c1ccc(OCCNC(=O)COC(=O)[C@H]2CCC(=O)N2)cc1. The minimum absolute atomic E-state index is 0.0885. The summed E-state index contributed by atoms with van der Waals surface area (Å²) in [4.78, 5) is 34.4. The zero-order valence-corrected chi connectivity index (χ0v) is 15.5. The summed E-state index contributed by atoms with van der Waals surface area (Å²) in [5, 5.41) is 5.11. The minimum atomic E-state index is -0.644. The molecule has 7 nitrogen and oxygen atoms in total. The van der Waals surface area contributed by atoms with Gasteiger partial charge in [-0.05, 0) is 29.5 Å². The smallest absolute Gasteiger partial charge is 0.329 e. The van der Waals surface area contributed by atoms with Crippen LogP contribution in [-0.4, -0.2) is 43.6 Å². The lowest BCUT2D eigenvalue weighted by Gasteiger charge is -2.19. The number of carbonyl (C=O) groups is 3. The van der Waals surface area contributed by atoms with Crippen LogP contribution in [0.15, 0.2) is 24.3 Å². The highest BCUT2D eigenvalue weighted by Gasteiger charge is 2.28. The molecular weight excluding hydrogens is 336 g/mol. The average Bonchev–Trinajstić information content (AvgIpc) is 3.03. The summed E-state index contributed by atoms with van der Waals surface area (Å²) in [6.45, 7) is 6.68. The van der Waals surface area contributed by atoms with Crippen LogP contribution in [0, 0.1) is 0 Å². The quantitative estimate of drug-likeness (QED) is 0.563. The molecule has 1 saturated heterocycles. The molecule has 0 aliphatic carbocycles. The normalized spacial score (nSPS) is 16.7. The van der Waals surface area contributed by atoms with Gasteiger partial charge in [0.2, 0.25) is 5.91 Å². The van der Waals surface area contributed by atoms with Gasteiger partial charge in [0.05, 0.1) is 6.54 Å². The van der Waals surface area contributed by atoms with Gasteiger partial charge in [-0.3, -0.25) is 9.59 Å². The zero-order valence-electron chi connectivity index (χ0n) is 15.5. The molecule has 1 atom stereocenters. The second kappa shape index (κ2) is 8.69. The standard InChI is InChI=1S/C19H26N2O5/c1-19(2,3)13-4-6-14(7-5-13)25-11-10-20-17(23)12-26-18(24)15-8-9-16(22)21-15/h4-7,15H,8-12H2,1-3H3,(H,20,23)(H,21,22)/t15-/m1/s1. The van der Waals surface area contributed by atoms with Crippen LogP contribution in [0.4, 0.5) is 0 Å². The van der Waals surface area contributed by atoms with E-state index in [1.807, 2.05) is 24.3 Å². The highest BCUT2D eigenvalue weighted by atomic mass is 16.5. The van der Waals surface area contributed by atoms with Crippen molar-refractivity contribution in [3.8, 4) is 5.75 Å². The van der Waals surface area contributed by atoms with Crippen LogP contribution in [0.5, 0.6) is 5.75 Å². The third-order valence-corrected chi connectivity index (χ3v) is 4.04. The van der Waals surface area contributed by atoms with Crippen molar-refractivity contribution in [1.82, 2.24) is 10.6 Å². The van der Waals surface area contributed by atoms with Crippen LogP contribution in [0.1, 0.15) is 39.2 Å². The van der Waals surface area contributed by atoms with Crippen molar-refractivity contribution in [3.63, 3.8) is 0 Å². The lowest BCUT2D eigenvalue weighted by atomic mass is 9.87. The molecule has 0 radical (unpaired) electrons. The highest BCUT2D eigenvalue weighted by Crippen LogP contribution is 2.24. The second-order valence-electron chi connectivity index (χ2n) is 7.24. The number of hydrogen-bond donors (Lipinski definition) is 2. The Morgan fingerprint density at radius 1 is 1.23 bits per heavy atom. The molecule has 0 bridgehead atoms. The number of nitrogens with one attached hydrogen (secondary N) is 2. The third kappa shape index (κ3) is 6.06. The zero-order chi connectivity index (χ0) is 19.2. The van der Waals surface area contributed by atoms with Crippen molar-refractivity contribution < 1.29 is 23.9 Å². The van der Waals surface area contributed by atoms with E-state index in [1.54, 1.807) is 0 Å². The predicted molar refractivity (Wildman–Crippen MR) is 95.8 cm³/mol. The van der Waals surface area contributed by atoms with Gasteiger partial charge in [0.25, 0.3) is 5.91 Å². The van der Waals surface area contributed by atoms with Crippen molar-refractivity contribution in [2.45, 2.75) is 45.1 Å². The van der Waals surface area contributed by atoms with E-state index in [9.17, 15) is 14.4 Å². The first-order valence-corrected chi connectivity index (χ1v) is 8.72. The summed E-state index contributed by atoms with van der Waals surface area (Å²) in [5.41, 5.74) is 1.31. The van der Waals surface area contributed by atoms with Gasteiger partial charge in [-0.25, -0.2) is 4.79 Å². The first kappa shape index (κ1) is 19.8. The Bertz CT molecular complexity index is 649. The highest BCUT2D eigenvalue weighted by molar-refractivity contribution is 5.89. The molecule has 2 amide bonds. The molecule has 2 rings (SSSR count). The molecule has 26 heavy (non-hydrogen) atoms. The van der Waals surface area contributed by atoms with Crippen molar-refractivity contribution in [1.29, 1.82) is 0 Å². The van der Waals surface area contributed by atoms with Gasteiger partial charge in [-0.15, -0.1) is 0 Å². The van der Waals surface area contributed by atoms with Gasteiger partial charge in [-0.2, -0.15) is 0 Å². The second-order valence-corrected chi connectivity index (χ2v) is 7.24. The Kier molecular flexibility index (Phi) is 6.60. The van der Waals surface area contributed by atoms with Crippen molar-refractivity contribution in [2.75, 3.05) is 19.8 Å². The summed E-state index contributed by atoms with van der Waals surface area (Å²) in [6, 6.07) is 7.21. The molecule has 2 N–H and O–H groups in total. The monoisotopic (exact) mass is 362 g/mol. The van der Waals surface area contributed by atoms with E-state index >= 15 is 0 Å². The maximum atomic E-state index is 11.7. The summed E-state index contributed by atoms with van der Waals surface area (Å²) in [5.74, 6) is -0.435. The van der Waals surface area contributed by atoms with E-state index in [0.29, 0.717) is 26.0 Å². The van der Waals surface area contributed by atoms with Crippen molar-refractivity contribution >= 4 is 17.8 Å². The van der Waals surface area contributed by atoms with E-state index in [1.165, 1.54) is 5.56 Å². The fourth-order valence-electron chi connectivity index (χ4n) is 2.49. The summed E-state index contributed by atoms with van der Waals surface area (Å²) < 4.78 is 10.5. The fourth-order valence-corrected chi connectivity index (χ4v) is 2.49. The van der Waals surface area contributed by atoms with Crippen LogP contribution in [0.2, 0.25) is 0 Å². The van der Waals surface area contributed by atoms with Crippen molar-refractivity contribution in [3.05, 3.63) is 29.8 Å². The molecule has 0 spiro atoms. The molecule has 1 aromatic rings.